The molecule has 0 bridgehead atoms. The van der Waals surface area contributed by atoms with Gasteiger partial charge in [-0.1, -0.05) is 12.1 Å². The summed E-state index contributed by atoms with van der Waals surface area (Å²) in [6, 6.07) is 9.68. The molecule has 0 saturated heterocycles. The molecule has 0 spiro atoms. The van der Waals surface area contributed by atoms with E-state index < -0.39 is 0 Å². The molecule has 0 fully saturated rings. The maximum absolute atomic E-state index is 12.0. The highest BCUT2D eigenvalue weighted by Gasteiger charge is 2.05. The molecular formula is C16H16BrN5O. The van der Waals surface area contributed by atoms with E-state index >= 15 is 0 Å². The Morgan fingerprint density at radius 2 is 2.13 bits per heavy atom. The van der Waals surface area contributed by atoms with Crippen molar-refractivity contribution < 1.29 is 4.79 Å². The van der Waals surface area contributed by atoms with Crippen LogP contribution in [0.4, 0.5) is 5.69 Å². The van der Waals surface area contributed by atoms with Gasteiger partial charge in [0.25, 0.3) is 0 Å². The number of halogens is 1. The van der Waals surface area contributed by atoms with Crippen LogP contribution in [0, 0.1) is 0 Å². The lowest BCUT2D eigenvalue weighted by atomic mass is 10.2. The molecule has 0 saturated carbocycles. The van der Waals surface area contributed by atoms with Crippen LogP contribution in [0.3, 0.4) is 0 Å². The van der Waals surface area contributed by atoms with Gasteiger partial charge in [0.1, 0.15) is 0 Å². The highest BCUT2D eigenvalue weighted by Crippen LogP contribution is 2.12. The van der Waals surface area contributed by atoms with Crippen molar-refractivity contribution >= 4 is 27.5 Å². The number of aryl methyl sites for hydroxylation is 1. The smallest absolute Gasteiger partial charge is 0.226 e. The van der Waals surface area contributed by atoms with E-state index in [9.17, 15) is 4.79 Å². The molecule has 2 heterocycles. The molecule has 0 radical (unpaired) electrons. The van der Waals surface area contributed by atoms with Crippen LogP contribution >= 0.6 is 15.9 Å². The first-order chi connectivity index (χ1) is 11.2. The summed E-state index contributed by atoms with van der Waals surface area (Å²) in [4.78, 5) is 12.0. The number of benzene rings is 1. The van der Waals surface area contributed by atoms with E-state index in [1.165, 1.54) is 0 Å². The maximum Gasteiger partial charge on any atom is 0.226 e. The van der Waals surface area contributed by atoms with Gasteiger partial charge in [-0.05, 0) is 39.7 Å². The van der Waals surface area contributed by atoms with Crippen LogP contribution in [-0.2, 0) is 17.9 Å². The molecule has 1 aromatic carbocycles. The van der Waals surface area contributed by atoms with Crippen molar-refractivity contribution in [1.29, 1.82) is 0 Å². The van der Waals surface area contributed by atoms with Gasteiger partial charge < -0.3 is 5.32 Å². The Morgan fingerprint density at radius 3 is 2.87 bits per heavy atom. The van der Waals surface area contributed by atoms with E-state index in [-0.39, 0.29) is 5.91 Å². The Labute approximate surface area is 142 Å². The fraction of sp³-hybridized carbons (Fsp3) is 0.188. The third kappa shape index (κ3) is 4.53. The van der Waals surface area contributed by atoms with Crippen LogP contribution in [0.15, 0.2) is 59.6 Å². The highest BCUT2D eigenvalue weighted by atomic mass is 79.9. The number of anilines is 1. The summed E-state index contributed by atoms with van der Waals surface area (Å²) in [7, 11) is 0. The topological polar surface area (TPSA) is 64.7 Å². The van der Waals surface area contributed by atoms with Crippen LogP contribution in [0.2, 0.25) is 0 Å². The molecule has 1 amide bonds. The molecule has 3 aromatic rings. The largest absolute Gasteiger partial charge is 0.326 e. The van der Waals surface area contributed by atoms with Gasteiger partial charge in [0, 0.05) is 37.2 Å². The number of hydrogen-bond acceptors (Lipinski definition) is 3. The molecular weight excluding hydrogens is 358 g/mol. The Bertz CT molecular complexity index is 781. The zero-order valence-corrected chi connectivity index (χ0v) is 14.0. The summed E-state index contributed by atoms with van der Waals surface area (Å²) >= 11 is 3.33. The van der Waals surface area contributed by atoms with Crippen LogP contribution in [0.1, 0.15) is 12.0 Å². The van der Waals surface area contributed by atoms with Crippen molar-refractivity contribution in [2.45, 2.75) is 19.5 Å². The van der Waals surface area contributed by atoms with Crippen molar-refractivity contribution in [1.82, 2.24) is 19.6 Å². The summed E-state index contributed by atoms with van der Waals surface area (Å²) in [6.07, 6.45) is 7.58. The summed E-state index contributed by atoms with van der Waals surface area (Å²) in [5.41, 5.74) is 1.88. The number of aromatic nitrogens is 4. The van der Waals surface area contributed by atoms with Crippen LogP contribution < -0.4 is 5.32 Å². The second-order valence-corrected chi connectivity index (χ2v) is 6.04. The third-order valence-corrected chi connectivity index (χ3v) is 3.69. The maximum atomic E-state index is 12.0. The first kappa shape index (κ1) is 15.5. The van der Waals surface area contributed by atoms with Crippen LogP contribution in [0.25, 0.3) is 0 Å². The predicted molar refractivity (Wildman–Crippen MR) is 90.9 cm³/mol. The summed E-state index contributed by atoms with van der Waals surface area (Å²) in [5, 5.41) is 11.2. The minimum absolute atomic E-state index is 0.0344. The average molecular weight is 374 g/mol. The van der Waals surface area contributed by atoms with Gasteiger partial charge in [0.15, 0.2) is 0 Å². The molecule has 0 aliphatic rings. The number of nitrogens with zero attached hydrogens (tertiary/aromatic N) is 4. The van der Waals surface area contributed by atoms with Gasteiger partial charge in [0.2, 0.25) is 5.91 Å². The first-order valence-corrected chi connectivity index (χ1v) is 8.02. The minimum atomic E-state index is -0.0344. The van der Waals surface area contributed by atoms with Crippen LogP contribution in [0.5, 0.6) is 0 Å². The highest BCUT2D eigenvalue weighted by molar-refractivity contribution is 9.10. The molecule has 7 heteroatoms. The van der Waals surface area contributed by atoms with Gasteiger partial charge in [-0.15, -0.1) is 0 Å². The molecule has 1 N–H and O–H groups in total. The van der Waals surface area contributed by atoms with E-state index in [4.69, 9.17) is 0 Å². The monoisotopic (exact) mass is 373 g/mol. The number of hydrogen-bond donors (Lipinski definition) is 1. The molecule has 6 nitrogen and oxygen atoms in total. The molecule has 0 unspecified atom stereocenters. The van der Waals surface area contributed by atoms with Crippen molar-refractivity contribution in [2.24, 2.45) is 0 Å². The molecule has 2 aromatic heterocycles. The fourth-order valence-electron chi connectivity index (χ4n) is 2.23. The molecule has 0 atom stereocenters. The molecule has 23 heavy (non-hydrogen) atoms. The molecule has 0 aliphatic heterocycles. The third-order valence-electron chi connectivity index (χ3n) is 3.28. The molecule has 118 valence electrons. The summed E-state index contributed by atoms with van der Waals surface area (Å²) in [6.45, 7) is 1.22. The van der Waals surface area contributed by atoms with E-state index in [0.29, 0.717) is 19.5 Å². The van der Waals surface area contributed by atoms with E-state index in [2.05, 4.69) is 31.4 Å². The second kappa shape index (κ2) is 7.23. The lowest BCUT2D eigenvalue weighted by Gasteiger charge is -2.08. The number of rotatable bonds is 6. The second-order valence-electron chi connectivity index (χ2n) is 5.12. The number of carbonyl (C=O) groups is 1. The minimum Gasteiger partial charge on any atom is -0.326 e. The van der Waals surface area contributed by atoms with Gasteiger partial charge in [0.05, 0.1) is 17.2 Å². The number of nitrogens with one attached hydrogen (secondary N) is 1. The van der Waals surface area contributed by atoms with E-state index in [1.807, 2.05) is 47.4 Å². The SMILES string of the molecule is O=C(CCn1cc(Br)cn1)Nc1cccc(Cn2cccn2)c1. The predicted octanol–water partition coefficient (Wildman–Crippen LogP) is 2.92. The van der Waals surface area contributed by atoms with Crippen molar-refractivity contribution in [3.05, 3.63) is 65.2 Å². The van der Waals surface area contributed by atoms with Gasteiger partial charge in [-0.25, -0.2) is 0 Å². The lowest BCUT2D eigenvalue weighted by molar-refractivity contribution is -0.116. The van der Waals surface area contributed by atoms with Gasteiger partial charge in [-0.3, -0.25) is 14.2 Å². The zero-order chi connectivity index (χ0) is 16.1. The average Bonchev–Trinajstić information content (AvgIpc) is 3.17. The van der Waals surface area contributed by atoms with E-state index in [0.717, 1.165) is 15.7 Å². The van der Waals surface area contributed by atoms with Crippen LogP contribution in [-0.4, -0.2) is 25.5 Å². The summed E-state index contributed by atoms with van der Waals surface area (Å²) in [5.74, 6) is -0.0344. The van der Waals surface area contributed by atoms with E-state index in [1.54, 1.807) is 17.1 Å². The van der Waals surface area contributed by atoms with Crippen molar-refractivity contribution in [3.63, 3.8) is 0 Å². The Morgan fingerprint density at radius 1 is 1.22 bits per heavy atom. The quantitative estimate of drug-likeness (QED) is 0.722. The van der Waals surface area contributed by atoms with Gasteiger partial charge in [-0.2, -0.15) is 10.2 Å². The Balaban J connectivity index is 1.55. The summed E-state index contributed by atoms with van der Waals surface area (Å²) < 4.78 is 4.48. The van der Waals surface area contributed by atoms with Gasteiger partial charge >= 0.3 is 0 Å². The zero-order valence-electron chi connectivity index (χ0n) is 12.4. The normalized spacial score (nSPS) is 10.7. The van der Waals surface area contributed by atoms with Crippen molar-refractivity contribution in [2.75, 3.05) is 5.32 Å². The Hall–Kier alpha value is -2.41. The lowest BCUT2D eigenvalue weighted by Crippen LogP contribution is -2.15. The van der Waals surface area contributed by atoms with Crippen molar-refractivity contribution in [3.8, 4) is 0 Å². The molecule has 3 rings (SSSR count). The standard InChI is InChI=1S/C16H16BrN5O/c17-14-10-19-22(12-14)8-5-16(23)20-15-4-1-3-13(9-15)11-21-7-2-6-18-21/h1-4,6-7,9-10,12H,5,8,11H2,(H,20,23). The Kier molecular flexibility index (Phi) is 4.87. The number of carbonyl (C=O) groups excluding carboxylic acids is 1. The number of amides is 1. The first-order valence-electron chi connectivity index (χ1n) is 7.23. The fourth-order valence-corrected chi connectivity index (χ4v) is 2.56. The molecule has 0 aliphatic carbocycles.